The number of benzene rings is 2. The lowest BCUT2D eigenvalue weighted by Gasteiger charge is -2.27. The molecule has 1 aliphatic rings. The van der Waals surface area contributed by atoms with Crippen molar-refractivity contribution in [3.05, 3.63) is 86.7 Å². The molecule has 0 saturated heterocycles. The lowest BCUT2D eigenvalue weighted by molar-refractivity contribution is 0.323. The second-order valence-electron chi connectivity index (χ2n) is 8.19. The molecule has 1 aromatic heterocycles. The fourth-order valence-corrected chi connectivity index (χ4v) is 4.45. The molecule has 0 aliphatic carbocycles. The van der Waals surface area contributed by atoms with E-state index in [0.717, 1.165) is 5.56 Å². The van der Waals surface area contributed by atoms with Gasteiger partial charge in [0.25, 0.3) is 5.56 Å². The van der Waals surface area contributed by atoms with Crippen LogP contribution >= 0.6 is 0 Å². The van der Waals surface area contributed by atoms with Crippen LogP contribution in [0.2, 0.25) is 0 Å². The van der Waals surface area contributed by atoms with Crippen LogP contribution in [0.3, 0.4) is 0 Å². The van der Waals surface area contributed by atoms with Crippen LogP contribution in [0.5, 0.6) is 28.7 Å². The van der Waals surface area contributed by atoms with Gasteiger partial charge < -0.3 is 34.0 Å². The van der Waals surface area contributed by atoms with Crippen LogP contribution < -0.4 is 35.0 Å². The van der Waals surface area contributed by atoms with Crippen molar-refractivity contribution in [2.24, 2.45) is 5.73 Å². The lowest BCUT2D eigenvalue weighted by atomic mass is 9.84. The molecule has 36 heavy (non-hydrogen) atoms. The number of hydrogen-bond donors (Lipinski definition) is 1. The van der Waals surface area contributed by atoms with Crippen LogP contribution in [0.1, 0.15) is 28.3 Å². The maximum absolute atomic E-state index is 14.0. The molecule has 186 valence electrons. The van der Waals surface area contributed by atoms with E-state index in [1.165, 1.54) is 21.3 Å². The van der Waals surface area contributed by atoms with Crippen molar-refractivity contribution >= 4 is 0 Å². The molecule has 0 spiro atoms. The van der Waals surface area contributed by atoms with Crippen molar-refractivity contribution in [2.45, 2.75) is 19.4 Å². The first-order valence-electron chi connectivity index (χ1n) is 11.1. The third-order valence-electron chi connectivity index (χ3n) is 6.18. The van der Waals surface area contributed by atoms with Gasteiger partial charge in [-0.3, -0.25) is 4.79 Å². The van der Waals surface area contributed by atoms with Crippen LogP contribution in [0.4, 0.5) is 0 Å². The highest BCUT2D eigenvalue weighted by molar-refractivity contribution is 5.57. The van der Waals surface area contributed by atoms with Gasteiger partial charge in [-0.1, -0.05) is 12.1 Å². The topological polar surface area (TPSA) is 118 Å². The Kier molecular flexibility index (Phi) is 6.79. The van der Waals surface area contributed by atoms with E-state index in [4.69, 9.17) is 29.4 Å². The first-order chi connectivity index (χ1) is 17.4. The monoisotopic (exact) mass is 489 g/mol. The highest BCUT2D eigenvalue weighted by atomic mass is 16.5. The minimum atomic E-state index is -0.715. The number of aryl methyl sites for hydroxylation is 1. The van der Waals surface area contributed by atoms with Gasteiger partial charge in [-0.05, 0) is 42.3 Å². The number of allylic oxidation sites excluding steroid dienone is 1. The molecule has 0 amide bonds. The maximum Gasteiger partial charge on any atom is 0.259 e. The highest BCUT2D eigenvalue weighted by Gasteiger charge is 2.34. The molecular formula is C27H27N3O6. The Balaban J connectivity index is 1.90. The van der Waals surface area contributed by atoms with Gasteiger partial charge in [0.1, 0.15) is 23.1 Å². The molecule has 1 unspecified atom stereocenters. The van der Waals surface area contributed by atoms with Gasteiger partial charge in [0.15, 0.2) is 11.5 Å². The van der Waals surface area contributed by atoms with Gasteiger partial charge in [0.05, 0.1) is 46.5 Å². The number of nitriles is 1. The number of methoxy groups -OCH3 is 4. The van der Waals surface area contributed by atoms with Gasteiger partial charge in [0, 0.05) is 11.8 Å². The van der Waals surface area contributed by atoms with E-state index in [9.17, 15) is 10.1 Å². The zero-order valence-corrected chi connectivity index (χ0v) is 20.7. The van der Waals surface area contributed by atoms with Gasteiger partial charge >= 0.3 is 0 Å². The zero-order chi connectivity index (χ0) is 26.0. The Morgan fingerprint density at radius 2 is 1.72 bits per heavy atom. The van der Waals surface area contributed by atoms with E-state index in [2.05, 4.69) is 6.07 Å². The summed E-state index contributed by atoms with van der Waals surface area (Å²) in [4.78, 5) is 14.0. The summed E-state index contributed by atoms with van der Waals surface area (Å²) in [6, 6.07) is 14.7. The van der Waals surface area contributed by atoms with Gasteiger partial charge in [0.2, 0.25) is 11.6 Å². The number of rotatable bonds is 7. The molecule has 9 heteroatoms. The first-order valence-corrected chi connectivity index (χ1v) is 11.1. The van der Waals surface area contributed by atoms with E-state index < -0.39 is 5.92 Å². The maximum atomic E-state index is 14.0. The molecule has 1 atom stereocenters. The fourth-order valence-electron chi connectivity index (χ4n) is 4.45. The standard InChI is InChI=1S/C27H27N3O6/c1-15-9-20-24(23(19(13-28)26(29)36-20)17-7-6-8-18(12-17)32-2)27(31)30(15)14-16-10-21(33-3)25(35-5)22(11-16)34-4/h6-12,23H,14,29H2,1-5H3. The lowest BCUT2D eigenvalue weighted by Crippen LogP contribution is -2.33. The van der Waals surface area contributed by atoms with Crippen molar-refractivity contribution in [1.82, 2.24) is 4.57 Å². The largest absolute Gasteiger partial charge is 0.497 e. The van der Waals surface area contributed by atoms with Crippen molar-refractivity contribution < 1.29 is 23.7 Å². The fraction of sp³-hybridized carbons (Fsp3) is 0.259. The average molecular weight is 490 g/mol. The Labute approximate surface area is 208 Å². The number of fused-ring (bicyclic) bond motifs is 1. The van der Waals surface area contributed by atoms with Crippen molar-refractivity contribution in [1.29, 1.82) is 5.26 Å². The molecule has 4 rings (SSSR count). The SMILES string of the molecule is COc1cccc(C2C(C#N)=C(N)Oc3cc(C)n(Cc4cc(OC)c(OC)c(OC)c4)c(=O)c32)c1. The van der Waals surface area contributed by atoms with E-state index in [1.807, 2.05) is 13.0 Å². The second kappa shape index (κ2) is 9.96. The number of pyridine rings is 1. The third kappa shape index (κ3) is 4.18. The molecule has 0 fully saturated rings. The summed E-state index contributed by atoms with van der Waals surface area (Å²) in [5, 5.41) is 9.91. The summed E-state index contributed by atoms with van der Waals surface area (Å²) in [6.07, 6.45) is 0. The zero-order valence-electron chi connectivity index (χ0n) is 20.7. The third-order valence-corrected chi connectivity index (χ3v) is 6.18. The second-order valence-corrected chi connectivity index (χ2v) is 8.19. The van der Waals surface area contributed by atoms with Crippen LogP contribution in [-0.2, 0) is 6.54 Å². The van der Waals surface area contributed by atoms with Crippen LogP contribution in [0, 0.1) is 18.3 Å². The predicted molar refractivity (Wildman–Crippen MR) is 133 cm³/mol. The van der Waals surface area contributed by atoms with E-state index in [1.54, 1.807) is 48.1 Å². The van der Waals surface area contributed by atoms with Crippen molar-refractivity contribution in [3.8, 4) is 34.8 Å². The predicted octanol–water partition coefficient (Wildman–Crippen LogP) is 3.46. The summed E-state index contributed by atoms with van der Waals surface area (Å²) >= 11 is 0. The van der Waals surface area contributed by atoms with Gasteiger partial charge in [-0.2, -0.15) is 5.26 Å². The average Bonchev–Trinajstić information content (AvgIpc) is 2.89. The summed E-state index contributed by atoms with van der Waals surface area (Å²) in [5.74, 6) is 1.60. The van der Waals surface area contributed by atoms with E-state index in [-0.39, 0.29) is 23.6 Å². The van der Waals surface area contributed by atoms with E-state index in [0.29, 0.717) is 45.6 Å². The Morgan fingerprint density at radius 3 is 2.31 bits per heavy atom. The number of aromatic nitrogens is 1. The summed E-state index contributed by atoms with van der Waals surface area (Å²) in [6.45, 7) is 2.03. The van der Waals surface area contributed by atoms with Crippen molar-refractivity contribution in [2.75, 3.05) is 28.4 Å². The van der Waals surface area contributed by atoms with Crippen molar-refractivity contribution in [3.63, 3.8) is 0 Å². The summed E-state index contributed by atoms with van der Waals surface area (Å²) in [7, 11) is 6.16. The normalized spacial score (nSPS) is 14.4. The molecular weight excluding hydrogens is 462 g/mol. The molecule has 2 aromatic carbocycles. The summed E-state index contributed by atoms with van der Waals surface area (Å²) in [5.41, 5.74) is 8.42. The molecule has 3 aromatic rings. The van der Waals surface area contributed by atoms with Gasteiger partial charge in [-0.25, -0.2) is 0 Å². The number of hydrogen-bond acceptors (Lipinski definition) is 8. The molecule has 0 radical (unpaired) electrons. The Hall–Kier alpha value is -4.58. The van der Waals surface area contributed by atoms with Crippen LogP contribution in [-0.4, -0.2) is 33.0 Å². The van der Waals surface area contributed by atoms with E-state index >= 15 is 0 Å². The molecule has 0 saturated carbocycles. The number of nitrogens with zero attached hydrogens (tertiary/aromatic N) is 2. The smallest absolute Gasteiger partial charge is 0.259 e. The first kappa shape index (κ1) is 24.5. The molecule has 9 nitrogen and oxygen atoms in total. The number of nitrogens with two attached hydrogens (primary N) is 1. The van der Waals surface area contributed by atoms with Crippen LogP contribution in [0.15, 0.2) is 58.7 Å². The summed E-state index contributed by atoms with van der Waals surface area (Å²) < 4.78 is 29.1. The minimum absolute atomic E-state index is 0.0287. The minimum Gasteiger partial charge on any atom is -0.497 e. The molecule has 1 aliphatic heterocycles. The Bertz CT molecular complexity index is 1430. The highest BCUT2D eigenvalue weighted by Crippen LogP contribution is 2.42. The van der Waals surface area contributed by atoms with Gasteiger partial charge in [-0.15, -0.1) is 0 Å². The van der Waals surface area contributed by atoms with Crippen LogP contribution in [0.25, 0.3) is 0 Å². The quantitative estimate of drug-likeness (QED) is 0.536. The molecule has 0 bridgehead atoms. The molecule has 2 heterocycles. The molecule has 2 N–H and O–H groups in total. The number of ether oxygens (including phenoxy) is 5. The Morgan fingerprint density at radius 1 is 1.03 bits per heavy atom.